The molecule has 16 heavy (non-hydrogen) atoms. The van der Waals surface area contributed by atoms with Gasteiger partial charge in [-0.1, -0.05) is 12.1 Å². The minimum Gasteiger partial charge on any atom is -0.284 e. The summed E-state index contributed by atoms with van der Waals surface area (Å²) in [5.41, 5.74) is 0.253. The van der Waals surface area contributed by atoms with Crippen LogP contribution >= 0.6 is 0 Å². The van der Waals surface area contributed by atoms with E-state index in [-0.39, 0.29) is 5.69 Å². The van der Waals surface area contributed by atoms with Gasteiger partial charge < -0.3 is 0 Å². The van der Waals surface area contributed by atoms with Gasteiger partial charge in [0.2, 0.25) is 0 Å². The van der Waals surface area contributed by atoms with Gasteiger partial charge in [0.05, 0.1) is 11.9 Å². The van der Waals surface area contributed by atoms with E-state index >= 15 is 0 Å². The molecule has 0 aliphatic rings. The van der Waals surface area contributed by atoms with E-state index in [1.54, 1.807) is 0 Å². The van der Waals surface area contributed by atoms with Crippen molar-refractivity contribution in [3.05, 3.63) is 42.5 Å². The van der Waals surface area contributed by atoms with Crippen LogP contribution in [-0.2, 0) is 10.0 Å². The highest BCUT2D eigenvalue weighted by Crippen LogP contribution is 2.17. The Balaban J connectivity index is 2.37. The van der Waals surface area contributed by atoms with Crippen molar-refractivity contribution in [1.29, 1.82) is 0 Å². The quantitative estimate of drug-likeness (QED) is 0.851. The first-order valence-electron chi connectivity index (χ1n) is 4.36. The first-order chi connectivity index (χ1) is 7.59. The summed E-state index contributed by atoms with van der Waals surface area (Å²) in [5.74, 6) is -0.793. The Morgan fingerprint density at radius 2 is 2.06 bits per heavy atom. The fourth-order valence-electron chi connectivity index (χ4n) is 1.18. The number of H-pyrrole nitrogens is 1. The molecule has 2 aromatic rings. The molecule has 1 aromatic heterocycles. The molecule has 0 aliphatic heterocycles. The van der Waals surface area contributed by atoms with E-state index < -0.39 is 20.7 Å². The first-order valence-corrected chi connectivity index (χ1v) is 5.84. The van der Waals surface area contributed by atoms with Gasteiger partial charge in [0.25, 0.3) is 10.0 Å². The first kappa shape index (κ1) is 10.6. The molecule has 0 aliphatic carbocycles. The molecule has 0 bridgehead atoms. The normalized spacial score (nSPS) is 11.3. The van der Waals surface area contributed by atoms with Crippen molar-refractivity contribution in [1.82, 2.24) is 10.2 Å². The topological polar surface area (TPSA) is 74.8 Å². The molecule has 0 saturated heterocycles. The summed E-state index contributed by atoms with van der Waals surface area (Å²) < 4.78 is 38.9. The second-order valence-corrected chi connectivity index (χ2v) is 4.67. The monoisotopic (exact) mass is 241 g/mol. The van der Waals surface area contributed by atoms with Gasteiger partial charge in [-0.3, -0.25) is 9.82 Å². The molecule has 5 nitrogen and oxygen atoms in total. The molecule has 0 saturated carbocycles. The van der Waals surface area contributed by atoms with E-state index in [0.29, 0.717) is 0 Å². The summed E-state index contributed by atoms with van der Waals surface area (Å²) in [7, 11) is -3.90. The van der Waals surface area contributed by atoms with Crippen molar-refractivity contribution >= 4 is 15.7 Å². The van der Waals surface area contributed by atoms with Crippen LogP contribution in [0, 0.1) is 5.82 Å². The molecule has 0 radical (unpaired) electrons. The third-order valence-corrected chi connectivity index (χ3v) is 3.29. The van der Waals surface area contributed by atoms with Crippen molar-refractivity contribution < 1.29 is 12.8 Å². The molecule has 0 unspecified atom stereocenters. The molecule has 2 N–H and O–H groups in total. The third-order valence-electron chi connectivity index (χ3n) is 1.88. The SMILES string of the molecule is O=S(=O)(Nc1cn[nH]c1)c1ccccc1F. The minimum atomic E-state index is -3.90. The molecule has 0 amide bonds. The average molecular weight is 241 g/mol. The molecule has 0 fully saturated rings. The number of hydrogen-bond acceptors (Lipinski definition) is 3. The zero-order chi connectivity index (χ0) is 11.6. The van der Waals surface area contributed by atoms with E-state index in [1.807, 2.05) is 0 Å². The third kappa shape index (κ3) is 2.03. The summed E-state index contributed by atoms with van der Waals surface area (Å²) in [6, 6.07) is 5.15. The zero-order valence-corrected chi connectivity index (χ0v) is 8.83. The van der Waals surface area contributed by atoms with Crippen molar-refractivity contribution in [2.45, 2.75) is 4.90 Å². The van der Waals surface area contributed by atoms with Crippen LogP contribution in [0.2, 0.25) is 0 Å². The Bertz CT molecular complexity index is 581. The fourth-order valence-corrected chi connectivity index (χ4v) is 2.29. The summed E-state index contributed by atoms with van der Waals surface area (Å²) >= 11 is 0. The Labute approximate surface area is 91.4 Å². The number of halogens is 1. The lowest BCUT2D eigenvalue weighted by Gasteiger charge is -2.05. The van der Waals surface area contributed by atoms with Gasteiger partial charge in [0, 0.05) is 6.20 Å². The molecule has 7 heteroatoms. The molecular weight excluding hydrogens is 233 g/mol. The number of sulfonamides is 1. The largest absolute Gasteiger partial charge is 0.284 e. The maximum Gasteiger partial charge on any atom is 0.264 e. The molecule has 1 aromatic carbocycles. The highest BCUT2D eigenvalue weighted by Gasteiger charge is 2.18. The van der Waals surface area contributed by atoms with Crippen molar-refractivity contribution in [2.24, 2.45) is 0 Å². The fraction of sp³-hybridized carbons (Fsp3) is 0. The van der Waals surface area contributed by atoms with E-state index in [0.717, 1.165) is 6.07 Å². The molecule has 2 rings (SSSR count). The number of anilines is 1. The average Bonchev–Trinajstić information content (AvgIpc) is 2.70. The van der Waals surface area contributed by atoms with E-state index in [4.69, 9.17) is 0 Å². The summed E-state index contributed by atoms with van der Waals surface area (Å²) in [6.45, 7) is 0. The number of benzene rings is 1. The standard InChI is InChI=1S/C9H8FN3O2S/c10-8-3-1-2-4-9(8)16(14,15)13-7-5-11-12-6-7/h1-6,13H,(H,11,12). The van der Waals surface area contributed by atoms with Crippen molar-refractivity contribution in [3.63, 3.8) is 0 Å². The predicted octanol–water partition coefficient (Wildman–Crippen LogP) is 1.35. The van der Waals surface area contributed by atoms with Crippen LogP contribution in [0.25, 0.3) is 0 Å². The maximum atomic E-state index is 13.3. The van der Waals surface area contributed by atoms with Crippen LogP contribution in [0.4, 0.5) is 10.1 Å². The Morgan fingerprint density at radius 3 is 2.69 bits per heavy atom. The van der Waals surface area contributed by atoms with E-state index in [9.17, 15) is 12.8 Å². The van der Waals surface area contributed by atoms with Gasteiger partial charge in [-0.05, 0) is 12.1 Å². The van der Waals surface area contributed by atoms with Crippen molar-refractivity contribution in [2.75, 3.05) is 4.72 Å². The number of aromatic amines is 1. The van der Waals surface area contributed by atoms with Crippen LogP contribution in [0.5, 0.6) is 0 Å². The van der Waals surface area contributed by atoms with Crippen LogP contribution in [0.15, 0.2) is 41.6 Å². The second kappa shape index (κ2) is 3.93. The van der Waals surface area contributed by atoms with Gasteiger partial charge in [0.15, 0.2) is 0 Å². The number of nitrogens with one attached hydrogen (secondary N) is 2. The minimum absolute atomic E-state index is 0.253. The van der Waals surface area contributed by atoms with Gasteiger partial charge in [-0.2, -0.15) is 5.10 Å². The zero-order valence-electron chi connectivity index (χ0n) is 8.01. The number of rotatable bonds is 3. The maximum absolute atomic E-state index is 13.3. The second-order valence-electron chi connectivity index (χ2n) is 3.02. The van der Waals surface area contributed by atoms with Gasteiger partial charge >= 0.3 is 0 Å². The van der Waals surface area contributed by atoms with E-state index in [2.05, 4.69) is 14.9 Å². The number of hydrogen-bond donors (Lipinski definition) is 2. The van der Waals surface area contributed by atoms with Crippen LogP contribution in [0.1, 0.15) is 0 Å². The lowest BCUT2D eigenvalue weighted by atomic mass is 10.4. The highest BCUT2D eigenvalue weighted by molar-refractivity contribution is 7.92. The Morgan fingerprint density at radius 1 is 1.31 bits per heavy atom. The van der Waals surface area contributed by atoms with Gasteiger partial charge in [-0.15, -0.1) is 0 Å². The number of aromatic nitrogens is 2. The predicted molar refractivity (Wildman–Crippen MR) is 55.8 cm³/mol. The van der Waals surface area contributed by atoms with Crippen LogP contribution < -0.4 is 4.72 Å². The van der Waals surface area contributed by atoms with Gasteiger partial charge in [-0.25, -0.2) is 12.8 Å². The lowest BCUT2D eigenvalue weighted by Crippen LogP contribution is -2.13. The van der Waals surface area contributed by atoms with Crippen LogP contribution in [0.3, 0.4) is 0 Å². The van der Waals surface area contributed by atoms with Crippen molar-refractivity contribution in [3.8, 4) is 0 Å². The number of nitrogens with zero attached hydrogens (tertiary/aromatic N) is 1. The smallest absolute Gasteiger partial charge is 0.264 e. The summed E-state index contributed by atoms with van der Waals surface area (Å²) in [4.78, 5) is -0.392. The Kier molecular flexibility index (Phi) is 2.61. The lowest BCUT2D eigenvalue weighted by molar-refractivity contribution is 0.570. The van der Waals surface area contributed by atoms with Crippen LogP contribution in [-0.4, -0.2) is 18.6 Å². The molecule has 0 spiro atoms. The summed E-state index contributed by atoms with van der Waals surface area (Å²) in [5, 5.41) is 6.02. The molecule has 84 valence electrons. The molecular formula is C9H8FN3O2S. The molecule has 1 heterocycles. The Hall–Kier alpha value is -1.89. The summed E-state index contributed by atoms with van der Waals surface area (Å²) in [6.07, 6.45) is 2.65. The molecule has 0 atom stereocenters. The highest BCUT2D eigenvalue weighted by atomic mass is 32.2. The van der Waals surface area contributed by atoms with Gasteiger partial charge in [0.1, 0.15) is 10.7 Å². The van der Waals surface area contributed by atoms with E-state index in [1.165, 1.54) is 30.6 Å².